The average Bonchev–Trinajstić information content (AvgIpc) is 3.39. The molecule has 7 N–H and O–H groups in total. The molecule has 7 atom stereocenters. The minimum atomic E-state index is -4.14. The molecule has 2 fully saturated rings. The number of nitrogens with zero attached hydrogens (tertiary/aromatic N) is 4. The summed E-state index contributed by atoms with van der Waals surface area (Å²) in [4.78, 5) is 45.8. The second-order valence-corrected chi connectivity index (χ2v) is 10.8. The summed E-state index contributed by atoms with van der Waals surface area (Å²) in [6.07, 6.45) is -2.22. The summed E-state index contributed by atoms with van der Waals surface area (Å²) >= 11 is 0. The zero-order chi connectivity index (χ0) is 26.7. The lowest BCUT2D eigenvalue weighted by atomic mass is 9.94. The van der Waals surface area contributed by atoms with E-state index in [1.54, 1.807) is 6.92 Å². The van der Waals surface area contributed by atoms with Gasteiger partial charge in [-0.15, -0.1) is 0 Å². The van der Waals surface area contributed by atoms with Crippen LogP contribution < -0.4 is 16.0 Å². The first-order valence-corrected chi connectivity index (χ1v) is 13.5. The van der Waals surface area contributed by atoms with Gasteiger partial charge in [-0.05, 0) is 32.2 Å². The number of fused-ring (bicyclic) bond motifs is 1. The Morgan fingerprint density at radius 2 is 2.08 bits per heavy atom. The van der Waals surface area contributed by atoms with Crippen LogP contribution in [0.1, 0.15) is 26.0 Å². The van der Waals surface area contributed by atoms with Gasteiger partial charge in [0.2, 0.25) is 0 Å². The molecular weight excluding hydrogens is 513 g/mol. The van der Waals surface area contributed by atoms with Gasteiger partial charge in [0.25, 0.3) is 0 Å². The fourth-order valence-electron chi connectivity index (χ4n) is 4.46. The number of aromatic nitrogens is 4. The van der Waals surface area contributed by atoms with E-state index in [-0.39, 0.29) is 35.5 Å². The van der Waals surface area contributed by atoms with E-state index in [0.717, 1.165) is 0 Å². The summed E-state index contributed by atoms with van der Waals surface area (Å²) < 4.78 is 25.0. The number of amides is 2. The Morgan fingerprint density at radius 1 is 1.30 bits per heavy atom. The molecule has 0 radical (unpaired) electrons. The lowest BCUT2D eigenvalue weighted by Crippen LogP contribution is -2.44. The van der Waals surface area contributed by atoms with E-state index in [0.29, 0.717) is 19.5 Å². The molecule has 17 heteroatoms. The van der Waals surface area contributed by atoms with E-state index in [1.165, 1.54) is 17.2 Å². The summed E-state index contributed by atoms with van der Waals surface area (Å²) in [6, 6.07) is -1.28. The van der Waals surface area contributed by atoms with Crippen molar-refractivity contribution < 1.29 is 43.6 Å². The summed E-state index contributed by atoms with van der Waals surface area (Å²) in [5.41, 5.74) is 0.437. The number of carboxylic acid groups (broad SMARTS) is 1. The second-order valence-electron chi connectivity index (χ2n) is 8.93. The number of aliphatic hydroxyl groups is 2. The van der Waals surface area contributed by atoms with Gasteiger partial charge in [0, 0.05) is 6.54 Å². The molecule has 204 valence electrons. The van der Waals surface area contributed by atoms with Crippen molar-refractivity contribution in [1.29, 1.82) is 0 Å². The molecule has 0 aliphatic carbocycles. The van der Waals surface area contributed by atoms with Crippen LogP contribution in [0, 0.1) is 5.92 Å². The number of anilines is 1. The molecule has 2 aromatic rings. The number of nitrogens with one attached hydrogen (secondary N) is 3. The number of rotatable bonds is 9. The number of hydrogen-bond acceptors (Lipinski definition) is 11. The Kier molecular flexibility index (Phi) is 8.38. The maximum atomic E-state index is 12.7. The highest BCUT2D eigenvalue weighted by molar-refractivity contribution is 7.52. The molecule has 4 rings (SSSR count). The molecular formula is C20H30N7O9P. The lowest BCUT2D eigenvalue weighted by Gasteiger charge is -2.29. The number of carbonyl (C=O) groups excluding carboxylic acids is 1. The Balaban J connectivity index is 1.40. The highest BCUT2D eigenvalue weighted by atomic mass is 31.2. The Morgan fingerprint density at radius 3 is 2.81 bits per heavy atom. The highest BCUT2D eigenvalue weighted by Crippen LogP contribution is 2.46. The number of aliphatic carboxylic acids is 1. The third-order valence-corrected chi connectivity index (χ3v) is 7.81. The van der Waals surface area contributed by atoms with Crippen molar-refractivity contribution in [2.24, 2.45) is 5.92 Å². The van der Waals surface area contributed by atoms with E-state index < -0.39 is 56.8 Å². The molecule has 2 saturated heterocycles. The van der Waals surface area contributed by atoms with E-state index in [2.05, 4.69) is 30.9 Å². The summed E-state index contributed by atoms with van der Waals surface area (Å²) in [5, 5.41) is 38.3. The van der Waals surface area contributed by atoms with Gasteiger partial charge in [-0.25, -0.2) is 19.7 Å². The molecule has 0 saturated carbocycles. The monoisotopic (exact) mass is 543 g/mol. The Hall–Kier alpha value is -2.72. The standard InChI is InChI=1S/C20H30N7O9P/c1-2-21-20(32)26-16-13-17(24-8-23-16)27(9-25-13)18-15(29)14(28)12(36-18)6-35-37(33,34)7-10-3-4-22-11(5-10)19(30)31/h8-12,14-15,18,22,28-29H,2-7H2,1H3,(H,30,31)(H,33,34)(H2,21,23,24,26,32)/t10?,11?,12-,14?,15+,18-/m1/s1. The number of imidazole rings is 1. The topological polar surface area (TPSA) is 230 Å². The van der Waals surface area contributed by atoms with E-state index in [1.807, 2.05) is 0 Å². The number of piperidine rings is 1. The highest BCUT2D eigenvalue weighted by Gasteiger charge is 2.45. The fraction of sp³-hybridized carbons (Fsp3) is 0.650. The normalized spacial score (nSPS) is 29.6. The minimum Gasteiger partial charge on any atom is -0.480 e. The van der Waals surface area contributed by atoms with E-state index >= 15 is 0 Å². The number of carbonyl (C=O) groups is 2. The van der Waals surface area contributed by atoms with Crippen LogP contribution >= 0.6 is 7.60 Å². The molecule has 16 nitrogen and oxygen atoms in total. The smallest absolute Gasteiger partial charge is 0.328 e. The number of carboxylic acids is 1. The van der Waals surface area contributed by atoms with Crippen molar-refractivity contribution in [3.63, 3.8) is 0 Å². The van der Waals surface area contributed by atoms with Crippen molar-refractivity contribution in [1.82, 2.24) is 30.2 Å². The summed E-state index contributed by atoms with van der Waals surface area (Å²) in [7, 11) is -4.14. The first kappa shape index (κ1) is 27.3. The van der Waals surface area contributed by atoms with Gasteiger partial charge in [0.15, 0.2) is 23.2 Å². The Labute approximate surface area is 210 Å². The van der Waals surface area contributed by atoms with Crippen molar-refractivity contribution in [3.05, 3.63) is 12.7 Å². The van der Waals surface area contributed by atoms with Gasteiger partial charge < -0.3 is 40.1 Å². The van der Waals surface area contributed by atoms with Crippen LogP contribution in [0.2, 0.25) is 0 Å². The average molecular weight is 543 g/mol. The van der Waals surface area contributed by atoms with Crippen LogP contribution in [-0.2, 0) is 18.6 Å². The van der Waals surface area contributed by atoms with Crippen LogP contribution in [0.3, 0.4) is 0 Å². The predicted molar refractivity (Wildman–Crippen MR) is 127 cm³/mol. The van der Waals surface area contributed by atoms with Crippen molar-refractivity contribution in [2.45, 2.75) is 50.3 Å². The maximum Gasteiger partial charge on any atom is 0.328 e. The number of hydrogen-bond donors (Lipinski definition) is 7. The number of urea groups is 1. The largest absolute Gasteiger partial charge is 0.480 e. The molecule has 2 aliphatic rings. The Bertz CT molecular complexity index is 1180. The van der Waals surface area contributed by atoms with Gasteiger partial charge in [-0.2, -0.15) is 0 Å². The molecule has 2 aromatic heterocycles. The van der Waals surface area contributed by atoms with Gasteiger partial charge in [-0.1, -0.05) is 0 Å². The maximum absolute atomic E-state index is 12.7. The number of aliphatic hydroxyl groups excluding tert-OH is 2. The molecule has 0 bridgehead atoms. The van der Waals surface area contributed by atoms with Gasteiger partial charge in [0.05, 0.1) is 19.1 Å². The second kappa shape index (κ2) is 11.3. The number of ether oxygens (including phenoxy) is 1. The molecule has 0 spiro atoms. The van der Waals surface area contributed by atoms with Gasteiger partial charge in [-0.3, -0.25) is 19.2 Å². The molecule has 4 unspecified atom stereocenters. The zero-order valence-corrected chi connectivity index (χ0v) is 20.8. The predicted octanol–water partition coefficient (Wildman–Crippen LogP) is -0.758. The third kappa shape index (κ3) is 6.23. The molecule has 37 heavy (non-hydrogen) atoms. The van der Waals surface area contributed by atoms with Crippen molar-refractivity contribution in [2.75, 3.05) is 31.2 Å². The molecule has 2 amide bonds. The summed E-state index contributed by atoms with van der Waals surface area (Å²) in [6.45, 7) is 2.08. The first-order valence-electron chi connectivity index (χ1n) is 11.8. The first-order chi connectivity index (χ1) is 17.6. The molecule has 4 heterocycles. The van der Waals surface area contributed by atoms with Crippen molar-refractivity contribution in [3.8, 4) is 0 Å². The minimum absolute atomic E-state index is 0.131. The molecule has 0 aromatic carbocycles. The van der Waals surface area contributed by atoms with Crippen LogP contribution in [0.5, 0.6) is 0 Å². The SMILES string of the molecule is CCNC(=O)Nc1ncnc2c1ncn2[C@@H]1O[C@H](COP(=O)(O)CC2CCNC(C(=O)O)C2)C(O)[C@@H]1O. The summed E-state index contributed by atoms with van der Waals surface area (Å²) in [5.74, 6) is -1.22. The van der Waals surface area contributed by atoms with Crippen LogP contribution in [0.4, 0.5) is 10.6 Å². The fourth-order valence-corrected chi connectivity index (χ4v) is 5.93. The van der Waals surface area contributed by atoms with E-state index in [4.69, 9.17) is 9.26 Å². The van der Waals surface area contributed by atoms with Crippen LogP contribution in [0.25, 0.3) is 11.2 Å². The van der Waals surface area contributed by atoms with Crippen LogP contribution in [0.15, 0.2) is 12.7 Å². The van der Waals surface area contributed by atoms with Crippen LogP contribution in [-0.4, -0.2) is 102 Å². The molecule has 2 aliphatic heterocycles. The lowest BCUT2D eigenvalue weighted by molar-refractivity contribution is -0.140. The zero-order valence-electron chi connectivity index (χ0n) is 19.9. The van der Waals surface area contributed by atoms with E-state index in [9.17, 15) is 34.4 Å². The van der Waals surface area contributed by atoms with Crippen molar-refractivity contribution >= 4 is 36.6 Å². The van der Waals surface area contributed by atoms with Gasteiger partial charge >= 0.3 is 19.6 Å². The quantitative estimate of drug-likeness (QED) is 0.193. The third-order valence-electron chi connectivity index (χ3n) is 6.28. The van der Waals surface area contributed by atoms with Gasteiger partial charge in [0.1, 0.15) is 30.7 Å².